The number of hydrogen-bond acceptors (Lipinski definition) is 6. The molecule has 1 N–H and O–H groups in total. The van der Waals surface area contributed by atoms with Crippen molar-refractivity contribution in [3.8, 4) is 5.75 Å². The molecule has 0 bridgehead atoms. The van der Waals surface area contributed by atoms with Crippen LogP contribution in [0.25, 0.3) is 0 Å². The number of ether oxygens (including phenoxy) is 1. The summed E-state index contributed by atoms with van der Waals surface area (Å²) in [7, 11) is -2.44. The number of hydrogen-bond donors (Lipinski definition) is 1. The van der Waals surface area contributed by atoms with Gasteiger partial charge in [-0.25, -0.2) is 8.42 Å². The number of carbonyl (C=O) groups excluding carboxylic acids is 1. The molecule has 0 fully saturated rings. The Bertz CT molecular complexity index is 1050. The molecular weight excluding hydrogens is 410 g/mol. The van der Waals surface area contributed by atoms with E-state index in [2.05, 4.69) is 5.32 Å². The van der Waals surface area contributed by atoms with Crippen LogP contribution in [-0.4, -0.2) is 38.7 Å². The first-order valence-electron chi connectivity index (χ1n) is 9.19. The summed E-state index contributed by atoms with van der Waals surface area (Å²) < 4.78 is 31.5. The minimum Gasteiger partial charge on any atom is -0.495 e. The van der Waals surface area contributed by atoms with Crippen LogP contribution in [0.5, 0.6) is 5.75 Å². The first-order valence-corrected chi connectivity index (χ1v) is 11.0. The Morgan fingerprint density at radius 1 is 1.20 bits per heavy atom. The molecule has 0 saturated carbocycles. The van der Waals surface area contributed by atoms with Crippen LogP contribution in [0.1, 0.15) is 24.5 Å². The van der Waals surface area contributed by atoms with Crippen LogP contribution in [0.3, 0.4) is 0 Å². The maximum absolute atomic E-state index is 13.1. The zero-order valence-electron chi connectivity index (χ0n) is 17.5. The smallest absolute Gasteiger partial charge is 0.271 e. The fraction of sp³-hybridized carbons (Fsp3) is 0.350. The molecule has 2 aromatic rings. The van der Waals surface area contributed by atoms with Crippen molar-refractivity contribution in [2.45, 2.75) is 33.2 Å². The monoisotopic (exact) mass is 435 g/mol. The third kappa shape index (κ3) is 5.26. The molecule has 1 amide bonds. The Morgan fingerprint density at radius 3 is 2.27 bits per heavy atom. The maximum Gasteiger partial charge on any atom is 0.271 e. The van der Waals surface area contributed by atoms with Gasteiger partial charge in [0.1, 0.15) is 11.8 Å². The van der Waals surface area contributed by atoms with Crippen LogP contribution in [0.15, 0.2) is 36.4 Å². The van der Waals surface area contributed by atoms with Crippen molar-refractivity contribution in [3.63, 3.8) is 0 Å². The van der Waals surface area contributed by atoms with E-state index in [9.17, 15) is 23.3 Å². The van der Waals surface area contributed by atoms with E-state index >= 15 is 0 Å². The fourth-order valence-electron chi connectivity index (χ4n) is 3.26. The number of amides is 1. The lowest BCUT2D eigenvalue weighted by atomic mass is 10.1. The quantitative estimate of drug-likeness (QED) is 0.501. The Kier molecular flexibility index (Phi) is 7.04. The number of non-ortho nitro benzene ring substituents is 1. The fourth-order valence-corrected chi connectivity index (χ4v) is 4.46. The van der Waals surface area contributed by atoms with E-state index in [-0.39, 0.29) is 23.5 Å². The van der Waals surface area contributed by atoms with E-state index in [1.807, 2.05) is 19.9 Å². The summed E-state index contributed by atoms with van der Waals surface area (Å²) in [6.07, 6.45) is 1.22. The van der Waals surface area contributed by atoms with Gasteiger partial charge in [-0.15, -0.1) is 0 Å². The van der Waals surface area contributed by atoms with E-state index in [1.54, 1.807) is 19.1 Å². The molecule has 2 rings (SSSR count). The highest BCUT2D eigenvalue weighted by atomic mass is 32.2. The van der Waals surface area contributed by atoms with Crippen LogP contribution in [0, 0.1) is 24.0 Å². The number of rotatable bonds is 8. The summed E-state index contributed by atoms with van der Waals surface area (Å²) in [6, 6.07) is 8.02. The number of nitro benzene ring substituents is 1. The molecule has 0 aliphatic rings. The highest BCUT2D eigenvalue weighted by Gasteiger charge is 2.32. The van der Waals surface area contributed by atoms with E-state index in [1.165, 1.54) is 25.3 Å². The highest BCUT2D eigenvalue weighted by molar-refractivity contribution is 7.92. The van der Waals surface area contributed by atoms with Crippen LogP contribution in [0.2, 0.25) is 0 Å². The van der Waals surface area contributed by atoms with Crippen molar-refractivity contribution in [2.24, 2.45) is 0 Å². The molecule has 30 heavy (non-hydrogen) atoms. The number of nitro groups is 1. The Balaban J connectivity index is 2.49. The van der Waals surface area contributed by atoms with Gasteiger partial charge < -0.3 is 10.1 Å². The van der Waals surface area contributed by atoms with Crippen molar-refractivity contribution >= 4 is 33.0 Å². The van der Waals surface area contributed by atoms with Gasteiger partial charge >= 0.3 is 0 Å². The van der Waals surface area contributed by atoms with E-state index < -0.39 is 26.9 Å². The van der Waals surface area contributed by atoms with E-state index in [4.69, 9.17) is 4.74 Å². The molecule has 1 atom stereocenters. The Labute approximate surface area is 175 Å². The zero-order chi connectivity index (χ0) is 22.6. The second-order valence-corrected chi connectivity index (χ2v) is 8.82. The van der Waals surface area contributed by atoms with Gasteiger partial charge in [0.15, 0.2) is 0 Å². The zero-order valence-corrected chi connectivity index (χ0v) is 18.3. The molecule has 0 aliphatic carbocycles. The molecule has 0 heterocycles. The van der Waals surface area contributed by atoms with E-state index in [0.29, 0.717) is 5.69 Å². The average molecular weight is 436 g/mol. The minimum atomic E-state index is -3.80. The summed E-state index contributed by atoms with van der Waals surface area (Å²) in [5, 5.41) is 13.7. The summed E-state index contributed by atoms with van der Waals surface area (Å²) in [6.45, 7) is 5.37. The minimum absolute atomic E-state index is 0.0871. The van der Waals surface area contributed by atoms with Gasteiger partial charge in [0.05, 0.1) is 29.7 Å². The van der Waals surface area contributed by atoms with Gasteiger partial charge in [-0.05, 0) is 49.6 Å². The number of sulfonamides is 1. The summed E-state index contributed by atoms with van der Waals surface area (Å²) >= 11 is 0. The van der Waals surface area contributed by atoms with Crippen molar-refractivity contribution in [2.75, 3.05) is 23.0 Å². The molecule has 162 valence electrons. The van der Waals surface area contributed by atoms with Crippen molar-refractivity contribution in [1.82, 2.24) is 0 Å². The molecular formula is C20H25N3O6S. The van der Waals surface area contributed by atoms with Gasteiger partial charge in [0, 0.05) is 12.1 Å². The van der Waals surface area contributed by atoms with Crippen molar-refractivity contribution in [3.05, 3.63) is 57.6 Å². The normalized spacial score (nSPS) is 12.2. The van der Waals surface area contributed by atoms with Crippen molar-refractivity contribution in [1.29, 1.82) is 0 Å². The maximum atomic E-state index is 13.1. The lowest BCUT2D eigenvalue weighted by Crippen LogP contribution is -2.47. The molecule has 0 unspecified atom stereocenters. The first-order chi connectivity index (χ1) is 14.0. The molecule has 10 heteroatoms. The Hall–Kier alpha value is -3.14. The first kappa shape index (κ1) is 23.1. The molecule has 0 radical (unpaired) electrons. The summed E-state index contributed by atoms with van der Waals surface area (Å²) in [5.41, 5.74) is 1.95. The van der Waals surface area contributed by atoms with E-state index in [0.717, 1.165) is 21.7 Å². The number of aryl methyl sites for hydroxylation is 2. The Morgan fingerprint density at radius 2 is 1.80 bits per heavy atom. The van der Waals surface area contributed by atoms with Crippen LogP contribution >= 0.6 is 0 Å². The number of anilines is 2. The predicted molar refractivity (Wildman–Crippen MR) is 116 cm³/mol. The largest absolute Gasteiger partial charge is 0.495 e. The lowest BCUT2D eigenvalue weighted by molar-refractivity contribution is -0.384. The number of nitrogens with one attached hydrogen (secondary N) is 1. The van der Waals surface area contributed by atoms with Gasteiger partial charge in [-0.1, -0.05) is 13.0 Å². The van der Waals surface area contributed by atoms with Gasteiger partial charge in [-0.3, -0.25) is 19.2 Å². The number of carbonyl (C=O) groups is 1. The topological polar surface area (TPSA) is 119 Å². The number of methoxy groups -OCH3 is 1. The molecule has 9 nitrogen and oxygen atoms in total. The molecule has 0 saturated heterocycles. The summed E-state index contributed by atoms with van der Waals surface area (Å²) in [4.78, 5) is 23.6. The van der Waals surface area contributed by atoms with Crippen molar-refractivity contribution < 1.29 is 22.9 Å². The second-order valence-electron chi connectivity index (χ2n) is 6.96. The molecule has 0 aliphatic heterocycles. The third-order valence-corrected chi connectivity index (χ3v) is 5.62. The molecule has 2 aromatic carbocycles. The SMILES string of the molecule is CC[C@H](C(=O)Nc1cc([N+](=O)[O-])ccc1OC)N(c1cc(C)cc(C)c1)S(C)(=O)=O. The van der Waals surface area contributed by atoms with Gasteiger partial charge in [-0.2, -0.15) is 0 Å². The van der Waals surface area contributed by atoms with Crippen LogP contribution < -0.4 is 14.4 Å². The molecule has 0 aromatic heterocycles. The van der Waals surface area contributed by atoms with Gasteiger partial charge in [0.2, 0.25) is 15.9 Å². The second kappa shape index (κ2) is 9.12. The standard InChI is InChI=1S/C20H25N3O6S/c1-6-18(22(30(5,27)28)16-10-13(2)9-14(3)11-16)20(24)21-17-12-15(23(25)26)7-8-19(17)29-4/h7-12,18H,6H2,1-5H3,(H,21,24)/t18-/m1/s1. The highest BCUT2D eigenvalue weighted by Crippen LogP contribution is 2.30. The number of nitrogens with zero attached hydrogens (tertiary/aromatic N) is 2. The van der Waals surface area contributed by atoms with Crippen LogP contribution in [0.4, 0.5) is 17.1 Å². The van der Waals surface area contributed by atoms with Crippen LogP contribution in [-0.2, 0) is 14.8 Å². The predicted octanol–water partition coefficient (Wildman–Crippen LogP) is 3.40. The third-order valence-electron chi connectivity index (χ3n) is 4.44. The number of benzene rings is 2. The van der Waals surface area contributed by atoms with Gasteiger partial charge in [0.25, 0.3) is 5.69 Å². The lowest BCUT2D eigenvalue weighted by Gasteiger charge is -2.30. The average Bonchev–Trinajstić information content (AvgIpc) is 2.63. The molecule has 0 spiro atoms. The summed E-state index contributed by atoms with van der Waals surface area (Å²) in [5.74, 6) is -0.401.